The standard InChI is InChI=1S/C11H13ClN4O2S2/c12-4-3-9-1-2-11(19-9)20(17,18)16-6-5-15-8-13-14-10(15)7-16/h1-2,8H,3-7H2. The van der Waals surface area contributed by atoms with Crippen LogP contribution in [0.2, 0.25) is 0 Å². The molecule has 0 bridgehead atoms. The van der Waals surface area contributed by atoms with E-state index in [2.05, 4.69) is 10.2 Å². The molecule has 0 fully saturated rings. The second-order valence-electron chi connectivity index (χ2n) is 4.44. The highest BCUT2D eigenvalue weighted by Gasteiger charge is 2.30. The molecule has 0 N–H and O–H groups in total. The Labute approximate surface area is 126 Å². The van der Waals surface area contributed by atoms with Crippen molar-refractivity contribution in [3.63, 3.8) is 0 Å². The number of hydrogen-bond acceptors (Lipinski definition) is 5. The SMILES string of the molecule is O=S(=O)(c1ccc(CCCl)s1)N1CCn2cnnc2C1. The minimum absolute atomic E-state index is 0.269. The lowest BCUT2D eigenvalue weighted by Crippen LogP contribution is -2.37. The minimum Gasteiger partial charge on any atom is -0.315 e. The van der Waals surface area contributed by atoms with Crippen LogP contribution in [0.1, 0.15) is 10.7 Å². The molecule has 9 heteroatoms. The molecule has 6 nitrogen and oxygen atoms in total. The summed E-state index contributed by atoms with van der Waals surface area (Å²) in [6, 6.07) is 3.48. The van der Waals surface area contributed by atoms with Gasteiger partial charge in [0.1, 0.15) is 16.4 Å². The summed E-state index contributed by atoms with van der Waals surface area (Å²) in [6.45, 7) is 1.29. The normalized spacial score (nSPS) is 16.2. The number of sulfonamides is 1. The van der Waals surface area contributed by atoms with Crippen LogP contribution in [0.5, 0.6) is 0 Å². The summed E-state index contributed by atoms with van der Waals surface area (Å²) in [5.74, 6) is 1.17. The zero-order valence-corrected chi connectivity index (χ0v) is 13.0. The average molecular weight is 333 g/mol. The number of nitrogens with zero attached hydrogens (tertiary/aromatic N) is 4. The van der Waals surface area contributed by atoms with E-state index in [1.54, 1.807) is 12.4 Å². The molecule has 0 saturated heterocycles. The number of hydrogen-bond donors (Lipinski definition) is 0. The highest BCUT2D eigenvalue weighted by Crippen LogP contribution is 2.27. The summed E-state index contributed by atoms with van der Waals surface area (Å²) in [6.07, 6.45) is 2.32. The second-order valence-corrected chi connectivity index (χ2v) is 8.15. The Bertz CT molecular complexity index is 710. The van der Waals surface area contributed by atoms with Crippen LogP contribution in [0.25, 0.3) is 0 Å². The molecule has 2 aromatic heterocycles. The Kier molecular flexibility index (Phi) is 3.80. The Hall–Kier alpha value is -0.960. The fourth-order valence-electron chi connectivity index (χ4n) is 2.10. The van der Waals surface area contributed by atoms with Gasteiger partial charge >= 0.3 is 0 Å². The maximum absolute atomic E-state index is 12.6. The average Bonchev–Trinajstić information content (AvgIpc) is 3.06. The molecule has 0 unspecified atom stereocenters. The fraction of sp³-hybridized carbons (Fsp3) is 0.455. The number of aromatic nitrogens is 3. The van der Waals surface area contributed by atoms with Crippen molar-refractivity contribution in [3.05, 3.63) is 29.2 Å². The van der Waals surface area contributed by atoms with Crippen LogP contribution >= 0.6 is 22.9 Å². The molecule has 0 amide bonds. The lowest BCUT2D eigenvalue weighted by molar-refractivity contribution is 0.336. The number of halogens is 1. The largest absolute Gasteiger partial charge is 0.315 e. The fourth-order valence-corrected chi connectivity index (χ4v) is 5.31. The molecule has 0 aromatic carbocycles. The van der Waals surface area contributed by atoms with Crippen molar-refractivity contribution in [1.29, 1.82) is 0 Å². The number of aryl methyl sites for hydroxylation is 1. The van der Waals surface area contributed by atoms with Crippen LogP contribution in [-0.2, 0) is 29.5 Å². The molecule has 0 saturated carbocycles. The molecule has 1 aliphatic rings. The smallest absolute Gasteiger partial charge is 0.253 e. The third-order valence-corrected chi connectivity index (χ3v) is 6.82. The second kappa shape index (κ2) is 5.44. The molecule has 2 aromatic rings. The van der Waals surface area contributed by atoms with Crippen molar-refractivity contribution < 1.29 is 8.42 Å². The Morgan fingerprint density at radius 1 is 1.35 bits per heavy atom. The lowest BCUT2D eigenvalue weighted by atomic mass is 10.4. The molecule has 0 atom stereocenters. The van der Waals surface area contributed by atoms with E-state index in [0.29, 0.717) is 35.4 Å². The molecular formula is C11H13ClN4O2S2. The minimum atomic E-state index is -3.45. The zero-order chi connectivity index (χ0) is 14.2. The maximum Gasteiger partial charge on any atom is 0.253 e. The van der Waals surface area contributed by atoms with Crippen molar-refractivity contribution >= 4 is 33.0 Å². The van der Waals surface area contributed by atoms with Gasteiger partial charge in [-0.1, -0.05) is 0 Å². The summed E-state index contributed by atoms with van der Waals surface area (Å²) in [7, 11) is -3.45. The first-order valence-electron chi connectivity index (χ1n) is 6.13. The third kappa shape index (κ3) is 2.48. The first kappa shape index (κ1) is 14.0. The number of rotatable bonds is 4. The summed E-state index contributed by atoms with van der Waals surface area (Å²) >= 11 is 6.97. The molecular weight excluding hydrogens is 320 g/mol. The van der Waals surface area contributed by atoms with E-state index in [1.165, 1.54) is 15.6 Å². The van der Waals surface area contributed by atoms with Crippen LogP contribution in [0.15, 0.2) is 22.7 Å². The Balaban J connectivity index is 1.85. The quantitative estimate of drug-likeness (QED) is 0.792. The number of fused-ring (bicyclic) bond motifs is 1. The van der Waals surface area contributed by atoms with Crippen molar-refractivity contribution in [2.75, 3.05) is 12.4 Å². The molecule has 108 valence electrons. The van der Waals surface area contributed by atoms with E-state index in [1.807, 2.05) is 10.6 Å². The van der Waals surface area contributed by atoms with E-state index in [-0.39, 0.29) is 6.54 Å². The summed E-state index contributed by atoms with van der Waals surface area (Å²) in [5.41, 5.74) is 0. The predicted octanol–water partition coefficient (Wildman–Crippen LogP) is 1.33. The lowest BCUT2D eigenvalue weighted by Gasteiger charge is -2.25. The van der Waals surface area contributed by atoms with Crippen LogP contribution in [0.3, 0.4) is 0 Å². The molecule has 0 spiro atoms. The van der Waals surface area contributed by atoms with Crippen molar-refractivity contribution in [2.45, 2.75) is 23.7 Å². The van der Waals surface area contributed by atoms with Gasteiger partial charge < -0.3 is 4.57 Å². The van der Waals surface area contributed by atoms with E-state index in [9.17, 15) is 8.42 Å². The van der Waals surface area contributed by atoms with Crippen molar-refractivity contribution in [2.24, 2.45) is 0 Å². The molecule has 3 heterocycles. The van der Waals surface area contributed by atoms with Crippen molar-refractivity contribution in [1.82, 2.24) is 19.1 Å². The van der Waals surface area contributed by atoms with E-state index in [0.717, 1.165) is 4.88 Å². The molecule has 1 aliphatic heterocycles. The summed E-state index contributed by atoms with van der Waals surface area (Å²) < 4.78 is 28.9. The summed E-state index contributed by atoms with van der Waals surface area (Å²) in [4.78, 5) is 0.985. The first-order valence-corrected chi connectivity index (χ1v) is 8.92. The summed E-state index contributed by atoms with van der Waals surface area (Å²) in [5, 5.41) is 7.74. The van der Waals surface area contributed by atoms with Gasteiger partial charge in [-0.15, -0.1) is 33.1 Å². The third-order valence-electron chi connectivity index (χ3n) is 3.18. The van der Waals surface area contributed by atoms with E-state index >= 15 is 0 Å². The van der Waals surface area contributed by atoms with Gasteiger partial charge in [-0.05, 0) is 18.6 Å². The zero-order valence-electron chi connectivity index (χ0n) is 10.6. The van der Waals surface area contributed by atoms with Gasteiger partial charge in [0.2, 0.25) is 0 Å². The molecule has 20 heavy (non-hydrogen) atoms. The van der Waals surface area contributed by atoms with Gasteiger partial charge in [0.25, 0.3) is 10.0 Å². The first-order chi connectivity index (χ1) is 9.61. The molecule has 3 rings (SSSR count). The number of thiophene rings is 1. The van der Waals surface area contributed by atoms with Gasteiger partial charge in [0.15, 0.2) is 0 Å². The van der Waals surface area contributed by atoms with Gasteiger partial charge in [0.05, 0.1) is 6.54 Å². The highest BCUT2D eigenvalue weighted by molar-refractivity contribution is 7.91. The molecule has 0 aliphatic carbocycles. The van der Waals surface area contributed by atoms with Crippen LogP contribution in [0, 0.1) is 0 Å². The highest BCUT2D eigenvalue weighted by atomic mass is 35.5. The van der Waals surface area contributed by atoms with Crippen molar-refractivity contribution in [3.8, 4) is 0 Å². The monoisotopic (exact) mass is 332 g/mol. The van der Waals surface area contributed by atoms with Gasteiger partial charge in [0, 0.05) is 23.8 Å². The van der Waals surface area contributed by atoms with Crippen LogP contribution < -0.4 is 0 Å². The van der Waals surface area contributed by atoms with Crippen LogP contribution in [0.4, 0.5) is 0 Å². The van der Waals surface area contributed by atoms with Crippen LogP contribution in [-0.4, -0.2) is 39.9 Å². The Morgan fingerprint density at radius 3 is 3.00 bits per heavy atom. The van der Waals surface area contributed by atoms with Gasteiger partial charge in [-0.25, -0.2) is 8.42 Å². The topological polar surface area (TPSA) is 68.1 Å². The predicted molar refractivity (Wildman–Crippen MR) is 76.4 cm³/mol. The Morgan fingerprint density at radius 2 is 2.20 bits per heavy atom. The van der Waals surface area contributed by atoms with E-state index < -0.39 is 10.0 Å². The van der Waals surface area contributed by atoms with Gasteiger partial charge in [-0.2, -0.15) is 4.31 Å². The number of alkyl halides is 1. The molecule has 0 radical (unpaired) electrons. The maximum atomic E-state index is 12.6. The van der Waals surface area contributed by atoms with E-state index in [4.69, 9.17) is 11.6 Å². The van der Waals surface area contributed by atoms with Gasteiger partial charge in [-0.3, -0.25) is 0 Å².